The van der Waals surface area contributed by atoms with Crippen molar-refractivity contribution in [1.29, 1.82) is 0 Å². The third kappa shape index (κ3) is 4.07. The van der Waals surface area contributed by atoms with Gasteiger partial charge >= 0.3 is 11.7 Å². The van der Waals surface area contributed by atoms with E-state index >= 15 is 0 Å². The number of rotatable bonds is 1. The molecule has 0 atom stereocenters. The molecule has 0 fully saturated rings. The Balaban J connectivity index is 0.000000160. The van der Waals surface area contributed by atoms with E-state index < -0.39 is 22.9 Å². The Kier molecular flexibility index (Phi) is 4.71. The van der Waals surface area contributed by atoms with Crippen LogP contribution in [0.15, 0.2) is 58.3 Å². The smallest absolute Gasteiger partial charge is 0.352 e. The third-order valence-electron chi connectivity index (χ3n) is 2.67. The zero-order chi connectivity index (χ0) is 15.9. The lowest BCUT2D eigenvalue weighted by Crippen LogP contribution is -2.24. The first-order valence-electron chi connectivity index (χ1n) is 6.32. The minimum atomic E-state index is -1.34. The number of nitrogens with one attached hydrogen (secondary N) is 3. The summed E-state index contributed by atoms with van der Waals surface area (Å²) >= 11 is 0. The van der Waals surface area contributed by atoms with Crippen molar-refractivity contribution < 1.29 is 9.90 Å². The quantitative estimate of drug-likeness (QED) is 0.635. The molecule has 2 heterocycles. The van der Waals surface area contributed by atoms with Gasteiger partial charge in [0.2, 0.25) is 0 Å². The Bertz CT molecular complexity index is 818. The molecule has 0 aliphatic carbocycles. The maximum Gasteiger partial charge on any atom is 0.352 e. The average molecular weight is 299 g/mol. The highest BCUT2D eigenvalue weighted by atomic mass is 16.4. The van der Waals surface area contributed by atoms with Crippen LogP contribution in [-0.2, 0) is 0 Å². The number of allylic oxidation sites excluding steroid dienone is 2. The molecule has 0 bridgehead atoms. The van der Waals surface area contributed by atoms with Crippen molar-refractivity contribution in [3.05, 3.63) is 80.8 Å². The van der Waals surface area contributed by atoms with Crippen molar-refractivity contribution in [2.45, 2.75) is 0 Å². The molecule has 0 saturated heterocycles. The van der Waals surface area contributed by atoms with Gasteiger partial charge < -0.3 is 15.4 Å². The molecule has 3 rings (SSSR count). The number of carboxylic acids is 1. The van der Waals surface area contributed by atoms with Gasteiger partial charge in [0, 0.05) is 18.0 Å². The molecule has 0 spiro atoms. The first-order valence-corrected chi connectivity index (χ1v) is 6.32. The van der Waals surface area contributed by atoms with E-state index in [1.807, 2.05) is 40.5 Å². The molecule has 1 aromatic heterocycles. The van der Waals surface area contributed by atoms with Gasteiger partial charge in [-0.2, -0.15) is 0 Å². The Morgan fingerprint density at radius 3 is 2.55 bits per heavy atom. The number of para-hydroxylation sites is 1. The molecule has 1 aliphatic heterocycles. The molecule has 7 nitrogen and oxygen atoms in total. The molecule has 1 aromatic carbocycles. The number of aromatic nitrogens is 2. The van der Waals surface area contributed by atoms with Crippen LogP contribution in [-0.4, -0.2) is 21.0 Å². The van der Waals surface area contributed by atoms with E-state index in [4.69, 9.17) is 5.11 Å². The average Bonchev–Trinajstić information content (AvgIpc) is 2.72. The number of carbonyl (C=O) groups is 1. The van der Waals surface area contributed by atoms with Crippen LogP contribution in [0.1, 0.15) is 16.1 Å². The molecule has 4 N–H and O–H groups in total. The Labute approximate surface area is 124 Å². The third-order valence-corrected chi connectivity index (χ3v) is 2.67. The number of hydrogen-bond donors (Lipinski definition) is 4. The van der Waals surface area contributed by atoms with Crippen LogP contribution in [0, 0.1) is 0 Å². The summed E-state index contributed by atoms with van der Waals surface area (Å²) in [6.07, 6.45) is 8.03. The van der Waals surface area contributed by atoms with E-state index in [1.54, 1.807) is 0 Å². The molecule has 1 aliphatic rings. The molecule has 2 aromatic rings. The molecule has 112 valence electrons. The van der Waals surface area contributed by atoms with Gasteiger partial charge in [-0.3, -0.25) is 9.78 Å². The lowest BCUT2D eigenvalue weighted by Gasteiger charge is -2.01. The zero-order valence-corrected chi connectivity index (χ0v) is 11.4. The molecule has 0 amide bonds. The number of H-pyrrole nitrogens is 2. The molecule has 0 unspecified atom stereocenters. The highest BCUT2D eigenvalue weighted by Gasteiger charge is 2.03. The van der Waals surface area contributed by atoms with Gasteiger partial charge in [-0.25, -0.2) is 9.59 Å². The van der Waals surface area contributed by atoms with Gasteiger partial charge in [0.25, 0.3) is 5.56 Å². The standard InChI is InChI=1S/C10H9N.C5H4N2O4/c1-2-7-10-9(5-1)6-3-4-8-11-10;8-3-1-2(4(9)10)6-5(11)7-3/h1-8,11H;1H,(H,9,10)(H2,6,7,8,11). The van der Waals surface area contributed by atoms with Crippen molar-refractivity contribution in [2.75, 3.05) is 5.32 Å². The largest absolute Gasteiger partial charge is 0.477 e. The van der Waals surface area contributed by atoms with E-state index in [9.17, 15) is 14.4 Å². The van der Waals surface area contributed by atoms with Crippen LogP contribution < -0.4 is 16.6 Å². The van der Waals surface area contributed by atoms with Gasteiger partial charge in [-0.15, -0.1) is 0 Å². The van der Waals surface area contributed by atoms with Crippen LogP contribution in [0.3, 0.4) is 0 Å². The number of aromatic amines is 2. The fourth-order valence-electron chi connectivity index (χ4n) is 1.71. The predicted octanol–water partition coefficient (Wildman–Crippen LogP) is 1.40. The normalized spacial score (nSPS) is 11.5. The molecular weight excluding hydrogens is 286 g/mol. The summed E-state index contributed by atoms with van der Waals surface area (Å²) in [7, 11) is 0. The first kappa shape index (κ1) is 15.0. The molecule has 0 radical (unpaired) electrons. The number of benzene rings is 1. The van der Waals surface area contributed by atoms with Crippen LogP contribution in [0.5, 0.6) is 0 Å². The summed E-state index contributed by atoms with van der Waals surface area (Å²) in [5, 5.41) is 11.5. The lowest BCUT2D eigenvalue weighted by atomic mass is 10.2. The number of hydrogen-bond acceptors (Lipinski definition) is 4. The molecular formula is C15H13N3O4. The minimum Gasteiger partial charge on any atom is -0.477 e. The van der Waals surface area contributed by atoms with Gasteiger partial charge in [0.15, 0.2) is 0 Å². The SMILES string of the molecule is C1=CNc2ccccc2C=C1.O=C(O)c1cc(=O)[nH]c(=O)[nH]1. The van der Waals surface area contributed by atoms with Crippen molar-refractivity contribution in [2.24, 2.45) is 0 Å². The predicted molar refractivity (Wildman–Crippen MR) is 82.9 cm³/mol. The summed E-state index contributed by atoms with van der Waals surface area (Å²) in [5.41, 5.74) is 0.426. The fraction of sp³-hybridized carbons (Fsp3) is 0. The van der Waals surface area contributed by atoms with Crippen LogP contribution in [0.4, 0.5) is 5.69 Å². The maximum atomic E-state index is 10.5. The van der Waals surface area contributed by atoms with E-state index in [2.05, 4.69) is 23.5 Å². The highest BCUT2D eigenvalue weighted by molar-refractivity contribution is 5.84. The van der Waals surface area contributed by atoms with Crippen molar-refractivity contribution in [1.82, 2.24) is 9.97 Å². The molecule has 7 heteroatoms. The van der Waals surface area contributed by atoms with E-state index in [-0.39, 0.29) is 0 Å². The highest BCUT2D eigenvalue weighted by Crippen LogP contribution is 2.18. The Morgan fingerprint density at radius 1 is 1.05 bits per heavy atom. The summed E-state index contributed by atoms with van der Waals surface area (Å²) in [6.45, 7) is 0. The van der Waals surface area contributed by atoms with Gasteiger partial charge in [0.1, 0.15) is 5.69 Å². The summed E-state index contributed by atoms with van der Waals surface area (Å²) in [4.78, 5) is 34.9. The fourth-order valence-corrected chi connectivity index (χ4v) is 1.71. The summed E-state index contributed by atoms with van der Waals surface area (Å²) in [5.74, 6) is -1.34. The second-order valence-corrected chi connectivity index (χ2v) is 4.26. The second-order valence-electron chi connectivity index (χ2n) is 4.26. The first-order chi connectivity index (χ1) is 10.6. The molecule has 0 saturated carbocycles. The van der Waals surface area contributed by atoms with Gasteiger partial charge in [-0.1, -0.05) is 30.4 Å². The number of anilines is 1. The van der Waals surface area contributed by atoms with Crippen LogP contribution in [0.25, 0.3) is 6.08 Å². The van der Waals surface area contributed by atoms with E-state index in [0.29, 0.717) is 0 Å². The zero-order valence-electron chi connectivity index (χ0n) is 11.4. The van der Waals surface area contributed by atoms with Gasteiger partial charge in [0.05, 0.1) is 0 Å². The Morgan fingerprint density at radius 2 is 1.82 bits per heavy atom. The van der Waals surface area contributed by atoms with E-state index in [0.717, 1.165) is 11.8 Å². The van der Waals surface area contributed by atoms with Crippen LogP contribution >= 0.6 is 0 Å². The summed E-state index contributed by atoms with van der Waals surface area (Å²) in [6, 6.07) is 9.01. The van der Waals surface area contributed by atoms with E-state index in [1.165, 1.54) is 5.56 Å². The topological polar surface area (TPSA) is 115 Å². The minimum absolute atomic E-state index is 0.418. The summed E-state index contributed by atoms with van der Waals surface area (Å²) < 4.78 is 0. The number of aromatic carboxylic acids is 1. The van der Waals surface area contributed by atoms with Crippen molar-refractivity contribution >= 4 is 17.7 Å². The monoisotopic (exact) mass is 299 g/mol. The van der Waals surface area contributed by atoms with Crippen LogP contribution in [0.2, 0.25) is 0 Å². The Hall–Kier alpha value is -3.35. The molecule has 22 heavy (non-hydrogen) atoms. The maximum absolute atomic E-state index is 10.5. The van der Waals surface area contributed by atoms with Gasteiger partial charge in [-0.05, 0) is 17.7 Å². The lowest BCUT2D eigenvalue weighted by molar-refractivity contribution is 0.0689. The second kappa shape index (κ2) is 6.89. The van der Waals surface area contributed by atoms with Crippen molar-refractivity contribution in [3.8, 4) is 0 Å². The number of carboxylic acid groups (broad SMARTS) is 1. The van der Waals surface area contributed by atoms with Crippen molar-refractivity contribution in [3.63, 3.8) is 0 Å². The number of fused-ring (bicyclic) bond motifs is 1.